The normalized spacial score (nSPS) is 10.4. The molecular formula is C13H13BrN2O2. The van der Waals surface area contributed by atoms with Gasteiger partial charge in [-0.3, -0.25) is 0 Å². The van der Waals surface area contributed by atoms with Gasteiger partial charge in [0.05, 0.1) is 24.2 Å². The summed E-state index contributed by atoms with van der Waals surface area (Å²) in [5, 5.41) is 4.24. The number of benzene rings is 1. The standard InChI is InChI=1S/C13H13BrN2O2/c1-3-18-13(17)10-8-15-16(9(10)2)12-7-5-4-6-11(12)14/h4-8H,3H2,1-2H3. The Morgan fingerprint density at radius 3 is 2.83 bits per heavy atom. The molecule has 2 rings (SSSR count). The number of halogens is 1. The summed E-state index contributed by atoms with van der Waals surface area (Å²) in [5.74, 6) is -0.340. The molecule has 5 heteroatoms. The molecule has 0 fully saturated rings. The lowest BCUT2D eigenvalue weighted by Crippen LogP contribution is -2.07. The highest BCUT2D eigenvalue weighted by atomic mass is 79.9. The Morgan fingerprint density at radius 1 is 1.44 bits per heavy atom. The van der Waals surface area contributed by atoms with Gasteiger partial charge in [0, 0.05) is 4.47 Å². The molecule has 0 aliphatic rings. The molecule has 1 heterocycles. The Bertz CT molecular complexity index is 578. The quantitative estimate of drug-likeness (QED) is 0.818. The number of carbonyl (C=O) groups is 1. The van der Waals surface area contributed by atoms with Crippen LogP contribution in [0.25, 0.3) is 5.69 Å². The molecule has 0 aliphatic heterocycles. The van der Waals surface area contributed by atoms with Gasteiger partial charge in [-0.1, -0.05) is 12.1 Å². The minimum Gasteiger partial charge on any atom is -0.462 e. The summed E-state index contributed by atoms with van der Waals surface area (Å²) in [6.07, 6.45) is 1.53. The van der Waals surface area contributed by atoms with Crippen molar-refractivity contribution in [2.45, 2.75) is 13.8 Å². The van der Waals surface area contributed by atoms with Crippen LogP contribution in [-0.2, 0) is 4.74 Å². The van der Waals surface area contributed by atoms with Gasteiger partial charge in [-0.05, 0) is 41.9 Å². The maximum absolute atomic E-state index is 11.7. The smallest absolute Gasteiger partial charge is 0.341 e. The molecular weight excluding hydrogens is 296 g/mol. The number of para-hydroxylation sites is 1. The second kappa shape index (κ2) is 5.35. The number of rotatable bonds is 3. The molecule has 0 bridgehead atoms. The van der Waals surface area contributed by atoms with E-state index in [4.69, 9.17) is 4.74 Å². The zero-order valence-electron chi connectivity index (χ0n) is 10.2. The number of nitrogens with zero attached hydrogens (tertiary/aromatic N) is 2. The van der Waals surface area contributed by atoms with Gasteiger partial charge in [0.1, 0.15) is 5.56 Å². The first-order chi connectivity index (χ1) is 8.65. The number of carbonyl (C=O) groups excluding carboxylic acids is 1. The van der Waals surface area contributed by atoms with Gasteiger partial charge in [-0.25, -0.2) is 9.48 Å². The second-order valence-electron chi connectivity index (χ2n) is 3.73. The summed E-state index contributed by atoms with van der Waals surface area (Å²) >= 11 is 3.47. The highest BCUT2D eigenvalue weighted by molar-refractivity contribution is 9.10. The first-order valence-corrected chi connectivity index (χ1v) is 6.41. The Balaban J connectivity index is 2.43. The van der Waals surface area contributed by atoms with Crippen LogP contribution >= 0.6 is 15.9 Å². The summed E-state index contributed by atoms with van der Waals surface area (Å²) in [6.45, 7) is 3.99. The molecule has 18 heavy (non-hydrogen) atoms. The number of esters is 1. The fourth-order valence-electron chi connectivity index (χ4n) is 1.69. The zero-order chi connectivity index (χ0) is 13.1. The summed E-state index contributed by atoms with van der Waals surface area (Å²) in [4.78, 5) is 11.7. The highest BCUT2D eigenvalue weighted by Crippen LogP contribution is 2.22. The molecule has 0 amide bonds. The molecule has 0 aliphatic carbocycles. The van der Waals surface area contributed by atoms with Gasteiger partial charge < -0.3 is 4.74 Å². The first kappa shape index (κ1) is 12.8. The topological polar surface area (TPSA) is 44.1 Å². The van der Waals surface area contributed by atoms with Crippen LogP contribution in [0, 0.1) is 6.92 Å². The van der Waals surface area contributed by atoms with E-state index < -0.39 is 0 Å². The predicted octanol–water partition coefficient (Wildman–Crippen LogP) is 3.12. The van der Waals surface area contributed by atoms with Crippen molar-refractivity contribution in [2.24, 2.45) is 0 Å². The van der Waals surface area contributed by atoms with Crippen molar-refractivity contribution in [1.82, 2.24) is 9.78 Å². The van der Waals surface area contributed by atoms with E-state index in [-0.39, 0.29) is 5.97 Å². The Kier molecular flexibility index (Phi) is 3.81. The lowest BCUT2D eigenvalue weighted by atomic mass is 10.2. The van der Waals surface area contributed by atoms with Gasteiger partial charge in [0.25, 0.3) is 0 Å². The minimum absolute atomic E-state index is 0.340. The van der Waals surface area contributed by atoms with E-state index in [1.54, 1.807) is 11.6 Å². The number of aromatic nitrogens is 2. The molecule has 4 nitrogen and oxygen atoms in total. The van der Waals surface area contributed by atoms with Crippen molar-refractivity contribution in [1.29, 1.82) is 0 Å². The Morgan fingerprint density at radius 2 is 2.17 bits per heavy atom. The highest BCUT2D eigenvalue weighted by Gasteiger charge is 2.16. The van der Waals surface area contributed by atoms with Crippen molar-refractivity contribution in [3.8, 4) is 5.69 Å². The van der Waals surface area contributed by atoms with Crippen molar-refractivity contribution in [2.75, 3.05) is 6.61 Å². The summed E-state index contributed by atoms with van der Waals surface area (Å²) in [7, 11) is 0. The maximum atomic E-state index is 11.7. The van der Waals surface area contributed by atoms with Crippen molar-refractivity contribution < 1.29 is 9.53 Å². The van der Waals surface area contributed by atoms with E-state index in [0.29, 0.717) is 12.2 Å². The van der Waals surface area contributed by atoms with Gasteiger partial charge in [-0.15, -0.1) is 0 Å². The SMILES string of the molecule is CCOC(=O)c1cnn(-c2ccccc2Br)c1C. The zero-order valence-corrected chi connectivity index (χ0v) is 11.8. The third-order valence-corrected chi connectivity index (χ3v) is 3.26. The lowest BCUT2D eigenvalue weighted by Gasteiger charge is -2.07. The van der Waals surface area contributed by atoms with E-state index in [1.165, 1.54) is 6.20 Å². The van der Waals surface area contributed by atoms with E-state index in [9.17, 15) is 4.79 Å². The van der Waals surface area contributed by atoms with E-state index in [1.807, 2.05) is 31.2 Å². The lowest BCUT2D eigenvalue weighted by molar-refractivity contribution is 0.0525. The number of ether oxygens (including phenoxy) is 1. The van der Waals surface area contributed by atoms with Gasteiger partial charge in [-0.2, -0.15) is 5.10 Å². The minimum atomic E-state index is -0.340. The average Bonchev–Trinajstić information content (AvgIpc) is 2.72. The van der Waals surface area contributed by atoms with Crippen LogP contribution in [0.5, 0.6) is 0 Å². The van der Waals surface area contributed by atoms with Crippen LogP contribution in [0.15, 0.2) is 34.9 Å². The average molecular weight is 309 g/mol. The maximum Gasteiger partial charge on any atom is 0.341 e. The van der Waals surface area contributed by atoms with Crippen LogP contribution in [0.2, 0.25) is 0 Å². The predicted molar refractivity (Wildman–Crippen MR) is 72.0 cm³/mol. The third-order valence-electron chi connectivity index (χ3n) is 2.59. The van der Waals surface area contributed by atoms with E-state index >= 15 is 0 Å². The van der Waals surface area contributed by atoms with Crippen LogP contribution in [0.1, 0.15) is 23.0 Å². The summed E-state index contributed by atoms with van der Waals surface area (Å²) in [5.41, 5.74) is 2.15. The van der Waals surface area contributed by atoms with Gasteiger partial charge in [0.2, 0.25) is 0 Å². The fourth-order valence-corrected chi connectivity index (χ4v) is 2.14. The van der Waals surface area contributed by atoms with E-state index in [2.05, 4.69) is 21.0 Å². The van der Waals surface area contributed by atoms with Crippen molar-refractivity contribution in [3.05, 3.63) is 46.2 Å². The monoisotopic (exact) mass is 308 g/mol. The molecule has 2 aromatic rings. The molecule has 94 valence electrons. The van der Waals surface area contributed by atoms with Gasteiger partial charge in [0.15, 0.2) is 0 Å². The molecule has 0 saturated carbocycles. The van der Waals surface area contributed by atoms with E-state index in [0.717, 1.165) is 15.9 Å². The summed E-state index contributed by atoms with van der Waals surface area (Å²) < 4.78 is 7.63. The first-order valence-electron chi connectivity index (χ1n) is 5.61. The van der Waals surface area contributed by atoms with Gasteiger partial charge >= 0.3 is 5.97 Å². The summed E-state index contributed by atoms with van der Waals surface area (Å²) in [6, 6.07) is 7.71. The fraction of sp³-hybridized carbons (Fsp3) is 0.231. The Hall–Kier alpha value is -1.62. The van der Waals surface area contributed by atoms with Crippen molar-refractivity contribution in [3.63, 3.8) is 0 Å². The van der Waals surface area contributed by atoms with Crippen LogP contribution < -0.4 is 0 Å². The molecule has 1 aromatic carbocycles. The molecule has 0 spiro atoms. The molecule has 0 saturated heterocycles. The second-order valence-corrected chi connectivity index (χ2v) is 4.58. The molecule has 0 radical (unpaired) electrons. The van der Waals surface area contributed by atoms with Crippen LogP contribution in [0.4, 0.5) is 0 Å². The molecule has 0 unspecified atom stereocenters. The van der Waals surface area contributed by atoms with Crippen LogP contribution in [0.3, 0.4) is 0 Å². The molecule has 1 aromatic heterocycles. The number of hydrogen-bond acceptors (Lipinski definition) is 3. The largest absolute Gasteiger partial charge is 0.462 e. The number of hydrogen-bond donors (Lipinski definition) is 0. The Labute approximate surface area is 114 Å². The van der Waals surface area contributed by atoms with Crippen LogP contribution in [-0.4, -0.2) is 22.4 Å². The third kappa shape index (κ3) is 2.31. The molecule has 0 atom stereocenters. The molecule has 0 N–H and O–H groups in total. The van der Waals surface area contributed by atoms with Crippen molar-refractivity contribution >= 4 is 21.9 Å².